The van der Waals surface area contributed by atoms with E-state index in [1.54, 1.807) is 0 Å². The summed E-state index contributed by atoms with van der Waals surface area (Å²) in [5.74, 6) is -0.586. The third-order valence-electron chi connectivity index (χ3n) is 7.40. The normalized spacial score (nSPS) is 12.0. The van der Waals surface area contributed by atoms with E-state index in [0.29, 0.717) is 12.8 Å². The van der Waals surface area contributed by atoms with E-state index in [4.69, 9.17) is 9.47 Å². The van der Waals surface area contributed by atoms with Gasteiger partial charge in [-0.15, -0.1) is 0 Å². The van der Waals surface area contributed by atoms with Crippen LogP contribution in [0.25, 0.3) is 0 Å². The average Bonchev–Trinajstić information content (AvgIpc) is 2.92. The van der Waals surface area contributed by atoms with Crippen LogP contribution in [0.2, 0.25) is 0 Å². The highest BCUT2D eigenvalue weighted by Gasteiger charge is 2.16. The molecule has 0 spiro atoms. The van der Waals surface area contributed by atoms with Crippen molar-refractivity contribution >= 4 is 11.9 Å². The lowest BCUT2D eigenvalue weighted by Gasteiger charge is -2.15. The molecule has 0 amide bonds. The Morgan fingerprint density at radius 1 is 0.500 bits per heavy atom. The molecule has 5 nitrogen and oxygen atoms in total. The predicted molar refractivity (Wildman–Crippen MR) is 159 cm³/mol. The smallest absolute Gasteiger partial charge is 0.306 e. The molecule has 0 aliphatic rings. The Hall–Kier alpha value is -1.10. The van der Waals surface area contributed by atoms with Crippen molar-refractivity contribution in [1.29, 1.82) is 0 Å². The minimum atomic E-state index is -0.758. The van der Waals surface area contributed by atoms with E-state index in [1.807, 2.05) is 0 Å². The Morgan fingerprint density at radius 2 is 0.816 bits per heavy atom. The van der Waals surface area contributed by atoms with Crippen LogP contribution in [0, 0.1) is 0 Å². The Kier molecular flexibility index (Phi) is 29.6. The largest absolute Gasteiger partial charge is 0.462 e. The van der Waals surface area contributed by atoms with Gasteiger partial charge >= 0.3 is 11.9 Å². The monoisotopic (exact) mass is 540 g/mol. The molecule has 0 aliphatic heterocycles. The van der Waals surface area contributed by atoms with Crippen LogP contribution in [-0.2, 0) is 19.1 Å². The van der Waals surface area contributed by atoms with Crippen LogP contribution >= 0.6 is 0 Å². The van der Waals surface area contributed by atoms with Gasteiger partial charge in [-0.05, 0) is 12.8 Å². The van der Waals surface area contributed by atoms with Crippen molar-refractivity contribution in [2.75, 3.05) is 13.2 Å². The molecule has 1 N–H and O–H groups in total. The second-order valence-corrected chi connectivity index (χ2v) is 11.3. The van der Waals surface area contributed by atoms with Crippen LogP contribution in [-0.4, -0.2) is 36.4 Å². The second kappa shape index (κ2) is 30.4. The molecule has 226 valence electrons. The van der Waals surface area contributed by atoms with Gasteiger partial charge in [-0.25, -0.2) is 0 Å². The molecule has 0 heterocycles. The highest BCUT2D eigenvalue weighted by Crippen LogP contribution is 2.14. The summed E-state index contributed by atoms with van der Waals surface area (Å²) in [4.78, 5) is 24.0. The average molecular weight is 541 g/mol. The number of aliphatic hydroxyl groups is 1. The van der Waals surface area contributed by atoms with E-state index in [0.717, 1.165) is 38.5 Å². The highest BCUT2D eigenvalue weighted by atomic mass is 16.6. The maximum atomic E-state index is 12.1. The molecule has 0 radical (unpaired) electrons. The zero-order chi connectivity index (χ0) is 27.9. The summed E-state index contributed by atoms with van der Waals surface area (Å²) in [5, 5.41) is 9.47. The van der Waals surface area contributed by atoms with Crippen molar-refractivity contribution in [3.8, 4) is 0 Å². The molecule has 0 saturated carbocycles. The summed E-state index contributed by atoms with van der Waals surface area (Å²) in [6.07, 6.45) is 30.2. The fraction of sp³-hybridized carbons (Fsp3) is 0.939. The second-order valence-electron chi connectivity index (χ2n) is 11.3. The summed E-state index contributed by atoms with van der Waals surface area (Å²) in [6.45, 7) is 4.11. The predicted octanol–water partition coefficient (Wildman–Crippen LogP) is 9.62. The first-order valence-electron chi connectivity index (χ1n) is 16.6. The Bertz CT molecular complexity index is 508. The molecule has 0 aliphatic carbocycles. The fourth-order valence-electron chi connectivity index (χ4n) is 4.85. The number of unbranched alkanes of at least 4 members (excludes halogenated alkanes) is 22. The van der Waals surface area contributed by atoms with Gasteiger partial charge in [0.25, 0.3) is 0 Å². The van der Waals surface area contributed by atoms with Crippen molar-refractivity contribution in [2.45, 2.75) is 187 Å². The number of carbonyl (C=O) groups excluding carboxylic acids is 2. The quantitative estimate of drug-likeness (QED) is 0.0725. The van der Waals surface area contributed by atoms with E-state index < -0.39 is 6.10 Å². The zero-order valence-electron chi connectivity index (χ0n) is 25.5. The summed E-state index contributed by atoms with van der Waals surface area (Å²) in [6, 6.07) is 0. The molecule has 5 heteroatoms. The molecule has 1 atom stereocenters. The first-order valence-corrected chi connectivity index (χ1v) is 16.6. The minimum Gasteiger partial charge on any atom is -0.462 e. The van der Waals surface area contributed by atoms with Gasteiger partial charge < -0.3 is 14.6 Å². The highest BCUT2D eigenvalue weighted by molar-refractivity contribution is 5.70. The van der Waals surface area contributed by atoms with Crippen molar-refractivity contribution in [3.05, 3.63) is 0 Å². The number of esters is 2. The maximum absolute atomic E-state index is 12.1. The molecule has 0 aromatic rings. The van der Waals surface area contributed by atoms with Crippen molar-refractivity contribution in [1.82, 2.24) is 0 Å². The first-order chi connectivity index (χ1) is 18.6. The Morgan fingerprint density at radius 3 is 1.16 bits per heavy atom. The summed E-state index contributed by atoms with van der Waals surface area (Å²) < 4.78 is 10.5. The molecule has 0 unspecified atom stereocenters. The SMILES string of the molecule is CCCCCCCCCCCCCCCCCCC(=O)O[C@@H](CO)COC(=O)CCCCCCCCCC. The lowest BCUT2D eigenvalue weighted by atomic mass is 10.0. The van der Waals surface area contributed by atoms with Gasteiger partial charge in [0.05, 0.1) is 6.61 Å². The lowest BCUT2D eigenvalue weighted by molar-refractivity contribution is -0.161. The minimum absolute atomic E-state index is 0.0585. The number of hydrogen-bond acceptors (Lipinski definition) is 5. The van der Waals surface area contributed by atoms with Gasteiger partial charge in [-0.1, -0.05) is 155 Å². The van der Waals surface area contributed by atoms with Gasteiger partial charge in [0.1, 0.15) is 6.61 Å². The maximum Gasteiger partial charge on any atom is 0.306 e. The number of hydrogen-bond donors (Lipinski definition) is 1. The first kappa shape index (κ1) is 36.9. The van der Waals surface area contributed by atoms with Gasteiger partial charge in [-0.2, -0.15) is 0 Å². The number of aliphatic hydroxyl groups excluding tert-OH is 1. The van der Waals surface area contributed by atoms with Crippen LogP contribution in [0.1, 0.15) is 181 Å². The topological polar surface area (TPSA) is 72.8 Å². The van der Waals surface area contributed by atoms with Crippen LogP contribution < -0.4 is 0 Å². The van der Waals surface area contributed by atoms with E-state index in [9.17, 15) is 14.7 Å². The molecule has 0 saturated heterocycles. The summed E-state index contributed by atoms with van der Waals surface area (Å²) >= 11 is 0. The van der Waals surface area contributed by atoms with Gasteiger partial charge in [0.2, 0.25) is 0 Å². The fourth-order valence-corrected chi connectivity index (χ4v) is 4.85. The summed E-state index contributed by atoms with van der Waals surface area (Å²) in [7, 11) is 0. The molecule has 0 bridgehead atoms. The Labute approximate surface area is 236 Å². The molecular formula is C33H64O5. The molecule has 0 rings (SSSR count). The van der Waals surface area contributed by atoms with Crippen LogP contribution in [0.15, 0.2) is 0 Å². The van der Waals surface area contributed by atoms with E-state index >= 15 is 0 Å². The van der Waals surface area contributed by atoms with Gasteiger partial charge in [0, 0.05) is 12.8 Å². The van der Waals surface area contributed by atoms with Crippen molar-refractivity contribution in [2.24, 2.45) is 0 Å². The molecule has 0 fully saturated rings. The lowest BCUT2D eigenvalue weighted by Crippen LogP contribution is -2.28. The standard InChI is InChI=1S/C33H64O5/c1-3-5-7-9-11-13-14-15-16-17-18-19-20-22-24-26-28-33(36)38-31(29-34)30-37-32(35)27-25-23-21-12-10-8-6-4-2/h31,34H,3-30H2,1-2H3/t31-/m0/s1. The molecule has 0 aromatic carbocycles. The number of carbonyl (C=O) groups is 2. The zero-order valence-corrected chi connectivity index (χ0v) is 25.5. The van der Waals surface area contributed by atoms with Crippen LogP contribution in [0.3, 0.4) is 0 Å². The molecule has 38 heavy (non-hydrogen) atoms. The van der Waals surface area contributed by atoms with Crippen molar-refractivity contribution in [3.63, 3.8) is 0 Å². The van der Waals surface area contributed by atoms with Crippen molar-refractivity contribution < 1.29 is 24.2 Å². The number of ether oxygens (including phenoxy) is 2. The molecular weight excluding hydrogens is 476 g/mol. The van der Waals surface area contributed by atoms with E-state index in [1.165, 1.54) is 116 Å². The van der Waals surface area contributed by atoms with Crippen LogP contribution in [0.5, 0.6) is 0 Å². The van der Waals surface area contributed by atoms with E-state index in [-0.39, 0.29) is 25.2 Å². The Balaban J connectivity index is 3.51. The molecule has 0 aromatic heterocycles. The van der Waals surface area contributed by atoms with Crippen LogP contribution in [0.4, 0.5) is 0 Å². The number of rotatable bonds is 30. The van der Waals surface area contributed by atoms with E-state index in [2.05, 4.69) is 13.8 Å². The summed E-state index contributed by atoms with van der Waals surface area (Å²) in [5.41, 5.74) is 0. The van der Waals surface area contributed by atoms with Gasteiger partial charge in [0.15, 0.2) is 6.10 Å². The third-order valence-corrected chi connectivity index (χ3v) is 7.40. The third kappa shape index (κ3) is 27.9. The van der Waals surface area contributed by atoms with Gasteiger partial charge in [-0.3, -0.25) is 9.59 Å².